The highest BCUT2D eigenvalue weighted by Gasteiger charge is 2.45. The van der Waals surface area contributed by atoms with E-state index < -0.39 is 11.6 Å². The van der Waals surface area contributed by atoms with Crippen LogP contribution in [0.2, 0.25) is 0 Å². The molecule has 152 valence electrons. The number of rotatable bonds is 4. The van der Waals surface area contributed by atoms with Gasteiger partial charge in [-0.05, 0) is 54.8 Å². The molecule has 2 amide bonds. The Morgan fingerprint density at radius 2 is 1.66 bits per heavy atom. The monoisotopic (exact) mass is 458 g/mol. The summed E-state index contributed by atoms with van der Waals surface area (Å²) in [5, 5.41) is 11.1. The minimum absolute atomic E-state index is 0.168. The quantitative estimate of drug-likeness (QED) is 0.712. The summed E-state index contributed by atoms with van der Waals surface area (Å²) in [5.41, 5.74) is 0.541. The number of aliphatic hydroxyl groups is 1. The SMILES string of the molecule is COc1ccc(N2C(=O)C[C@@H](N3CCC(O)(c4ccc(Br)cc4)CC3)C2=O)cc1. The highest BCUT2D eigenvalue weighted by Crippen LogP contribution is 2.36. The Kier molecular flexibility index (Phi) is 5.46. The van der Waals surface area contributed by atoms with E-state index >= 15 is 0 Å². The number of halogens is 1. The van der Waals surface area contributed by atoms with Crippen LogP contribution in [0.15, 0.2) is 53.0 Å². The summed E-state index contributed by atoms with van der Waals surface area (Å²) in [6, 6.07) is 14.1. The lowest BCUT2D eigenvalue weighted by atomic mass is 9.84. The Bertz CT molecular complexity index is 905. The van der Waals surface area contributed by atoms with E-state index in [2.05, 4.69) is 15.9 Å². The molecule has 29 heavy (non-hydrogen) atoms. The number of carbonyl (C=O) groups is 2. The van der Waals surface area contributed by atoms with Crippen molar-refractivity contribution < 1.29 is 19.4 Å². The number of carbonyl (C=O) groups excluding carboxylic acids is 2. The Balaban J connectivity index is 1.45. The number of nitrogens with zero attached hydrogens (tertiary/aromatic N) is 2. The predicted molar refractivity (Wildman–Crippen MR) is 113 cm³/mol. The van der Waals surface area contributed by atoms with Gasteiger partial charge in [0.1, 0.15) is 5.75 Å². The lowest BCUT2D eigenvalue weighted by Crippen LogP contribution is -2.49. The fourth-order valence-corrected chi connectivity index (χ4v) is 4.42. The molecule has 1 atom stereocenters. The highest BCUT2D eigenvalue weighted by atomic mass is 79.9. The first kappa shape index (κ1) is 20.1. The first-order valence-corrected chi connectivity index (χ1v) is 10.4. The minimum Gasteiger partial charge on any atom is -0.497 e. The van der Waals surface area contributed by atoms with Crippen LogP contribution in [-0.2, 0) is 15.2 Å². The molecule has 0 unspecified atom stereocenters. The fourth-order valence-electron chi connectivity index (χ4n) is 4.16. The number of ether oxygens (including phenoxy) is 1. The molecule has 7 heteroatoms. The van der Waals surface area contributed by atoms with Gasteiger partial charge in [-0.3, -0.25) is 14.5 Å². The van der Waals surface area contributed by atoms with Crippen LogP contribution in [0.25, 0.3) is 0 Å². The van der Waals surface area contributed by atoms with Gasteiger partial charge in [-0.25, -0.2) is 4.90 Å². The zero-order valence-electron chi connectivity index (χ0n) is 16.2. The van der Waals surface area contributed by atoms with Gasteiger partial charge in [0, 0.05) is 17.6 Å². The van der Waals surface area contributed by atoms with Crippen molar-refractivity contribution in [3.63, 3.8) is 0 Å². The number of hydrogen-bond donors (Lipinski definition) is 1. The van der Waals surface area contributed by atoms with Gasteiger partial charge in [0.05, 0.1) is 30.9 Å². The number of benzene rings is 2. The average Bonchev–Trinajstić information content (AvgIpc) is 3.03. The number of piperidine rings is 1. The molecule has 2 aromatic carbocycles. The average molecular weight is 459 g/mol. The Labute approximate surface area is 178 Å². The molecule has 2 fully saturated rings. The maximum Gasteiger partial charge on any atom is 0.251 e. The van der Waals surface area contributed by atoms with Gasteiger partial charge in [0.2, 0.25) is 5.91 Å². The Hall–Kier alpha value is -2.22. The molecule has 6 nitrogen and oxygen atoms in total. The van der Waals surface area contributed by atoms with Gasteiger partial charge in [0.25, 0.3) is 5.91 Å². The molecule has 0 radical (unpaired) electrons. The summed E-state index contributed by atoms with van der Waals surface area (Å²) < 4.78 is 6.11. The molecule has 2 aliphatic rings. The molecular weight excluding hydrogens is 436 g/mol. The molecule has 0 aliphatic carbocycles. The molecule has 2 aromatic rings. The largest absolute Gasteiger partial charge is 0.497 e. The molecule has 2 heterocycles. The van der Waals surface area contributed by atoms with Crippen LogP contribution in [0.4, 0.5) is 5.69 Å². The number of hydrogen-bond acceptors (Lipinski definition) is 5. The van der Waals surface area contributed by atoms with Crippen molar-refractivity contribution in [1.82, 2.24) is 4.90 Å². The number of anilines is 1. The van der Waals surface area contributed by atoms with E-state index in [0.717, 1.165) is 10.0 Å². The summed E-state index contributed by atoms with van der Waals surface area (Å²) in [4.78, 5) is 28.9. The second-order valence-corrected chi connectivity index (χ2v) is 8.48. The van der Waals surface area contributed by atoms with E-state index in [9.17, 15) is 14.7 Å². The van der Waals surface area contributed by atoms with Gasteiger partial charge in [-0.2, -0.15) is 0 Å². The zero-order valence-corrected chi connectivity index (χ0v) is 17.8. The minimum atomic E-state index is -0.904. The van der Waals surface area contributed by atoms with Crippen LogP contribution >= 0.6 is 15.9 Å². The van der Waals surface area contributed by atoms with Crippen molar-refractivity contribution in [3.8, 4) is 5.75 Å². The van der Waals surface area contributed by atoms with Crippen molar-refractivity contribution in [2.75, 3.05) is 25.1 Å². The second-order valence-electron chi connectivity index (χ2n) is 7.56. The van der Waals surface area contributed by atoms with Gasteiger partial charge in [0.15, 0.2) is 0 Å². The van der Waals surface area contributed by atoms with Crippen molar-refractivity contribution in [2.24, 2.45) is 0 Å². The molecule has 2 saturated heterocycles. The van der Waals surface area contributed by atoms with Crippen LogP contribution < -0.4 is 9.64 Å². The first-order chi connectivity index (χ1) is 13.9. The van der Waals surface area contributed by atoms with Crippen molar-refractivity contribution in [2.45, 2.75) is 30.9 Å². The third-order valence-corrected chi connectivity index (χ3v) is 6.43. The maximum absolute atomic E-state index is 13.0. The maximum atomic E-state index is 13.0. The predicted octanol–water partition coefficient (Wildman–Crippen LogP) is 3.07. The molecule has 0 bridgehead atoms. The lowest BCUT2D eigenvalue weighted by Gasteiger charge is -2.40. The molecular formula is C22H23BrN2O4. The van der Waals surface area contributed by atoms with E-state index in [1.165, 1.54) is 4.90 Å². The topological polar surface area (TPSA) is 70.1 Å². The van der Waals surface area contributed by atoms with Crippen LogP contribution in [0.5, 0.6) is 5.75 Å². The van der Waals surface area contributed by atoms with Gasteiger partial charge < -0.3 is 9.84 Å². The smallest absolute Gasteiger partial charge is 0.251 e. The van der Waals surface area contributed by atoms with Crippen LogP contribution in [-0.4, -0.2) is 48.1 Å². The summed E-state index contributed by atoms with van der Waals surface area (Å²) in [6.45, 7) is 1.12. The number of likely N-dealkylation sites (tertiary alicyclic amines) is 1. The van der Waals surface area contributed by atoms with E-state index in [0.29, 0.717) is 37.4 Å². The van der Waals surface area contributed by atoms with Crippen LogP contribution in [0, 0.1) is 0 Å². The zero-order chi connectivity index (χ0) is 20.6. The first-order valence-electron chi connectivity index (χ1n) is 9.65. The van der Waals surface area contributed by atoms with Gasteiger partial charge in [-0.15, -0.1) is 0 Å². The number of amides is 2. The lowest BCUT2D eigenvalue weighted by molar-refractivity contribution is -0.124. The summed E-state index contributed by atoms with van der Waals surface area (Å²) >= 11 is 3.42. The van der Waals surface area contributed by atoms with Crippen molar-refractivity contribution >= 4 is 33.4 Å². The summed E-state index contributed by atoms with van der Waals surface area (Å²) in [6.07, 6.45) is 1.21. The highest BCUT2D eigenvalue weighted by molar-refractivity contribution is 9.10. The molecule has 0 spiro atoms. The third-order valence-electron chi connectivity index (χ3n) is 5.90. The summed E-state index contributed by atoms with van der Waals surface area (Å²) in [5.74, 6) is 0.279. The molecule has 2 aliphatic heterocycles. The molecule has 4 rings (SSSR count). The molecule has 0 aromatic heterocycles. The summed E-state index contributed by atoms with van der Waals surface area (Å²) in [7, 11) is 1.57. The standard InChI is InChI=1S/C22H23BrN2O4/c1-29-18-8-6-17(7-9-18)25-20(26)14-19(21(25)27)24-12-10-22(28,11-13-24)15-2-4-16(23)5-3-15/h2-9,19,28H,10-14H2,1H3/t19-/m1/s1. The van der Waals surface area contributed by atoms with E-state index in [4.69, 9.17) is 4.74 Å². The third kappa shape index (κ3) is 3.82. The molecule has 0 saturated carbocycles. The number of imide groups is 1. The van der Waals surface area contributed by atoms with E-state index in [1.54, 1.807) is 31.4 Å². The Morgan fingerprint density at radius 3 is 2.24 bits per heavy atom. The van der Waals surface area contributed by atoms with Gasteiger partial charge in [-0.1, -0.05) is 28.1 Å². The normalized spacial score (nSPS) is 22.2. The van der Waals surface area contributed by atoms with E-state index in [1.807, 2.05) is 29.2 Å². The van der Waals surface area contributed by atoms with Crippen LogP contribution in [0.3, 0.4) is 0 Å². The van der Waals surface area contributed by atoms with Crippen molar-refractivity contribution in [3.05, 3.63) is 58.6 Å². The van der Waals surface area contributed by atoms with E-state index in [-0.39, 0.29) is 18.2 Å². The Morgan fingerprint density at radius 1 is 1.03 bits per heavy atom. The fraction of sp³-hybridized carbons (Fsp3) is 0.364. The number of methoxy groups -OCH3 is 1. The van der Waals surface area contributed by atoms with Crippen LogP contribution in [0.1, 0.15) is 24.8 Å². The van der Waals surface area contributed by atoms with Crippen molar-refractivity contribution in [1.29, 1.82) is 0 Å². The van der Waals surface area contributed by atoms with Gasteiger partial charge >= 0.3 is 0 Å². The molecule has 1 N–H and O–H groups in total. The second kappa shape index (κ2) is 7.89.